The highest BCUT2D eigenvalue weighted by atomic mass is 31.2. The molecule has 0 saturated carbocycles. The van der Waals surface area contributed by atoms with Crippen LogP contribution in [-0.4, -0.2) is 42.4 Å². The highest BCUT2D eigenvalue weighted by Crippen LogP contribution is 2.61. The Hall–Kier alpha value is -1.25. The molecule has 1 aromatic carbocycles. The molecule has 0 aromatic heterocycles. The van der Waals surface area contributed by atoms with Crippen molar-refractivity contribution in [3.05, 3.63) is 35.9 Å². The summed E-state index contributed by atoms with van der Waals surface area (Å²) in [4.78, 5) is 47.2. The Morgan fingerprint density at radius 3 is 2.08 bits per heavy atom. The van der Waals surface area contributed by atoms with E-state index in [-0.39, 0.29) is 6.61 Å². The van der Waals surface area contributed by atoms with E-state index in [1.165, 1.54) is 0 Å². The molecular weight excluding hydrogens is 364 g/mol. The molecule has 1 unspecified atom stereocenters. The lowest BCUT2D eigenvalue weighted by atomic mass is 10.2. The molecule has 0 spiro atoms. The number of carbonyl (C=O) groups excluding carboxylic acids is 1. The van der Waals surface area contributed by atoms with Gasteiger partial charge in [-0.1, -0.05) is 30.3 Å². The second-order valence-electron chi connectivity index (χ2n) is 4.96. The average molecular weight is 383 g/mol. The van der Waals surface area contributed by atoms with Gasteiger partial charge in [0.15, 0.2) is 5.40 Å². The van der Waals surface area contributed by atoms with Crippen LogP contribution >= 0.6 is 15.2 Å². The summed E-state index contributed by atoms with van der Waals surface area (Å²) in [5, 5.41) is 9.34. The number of benzene rings is 1. The molecule has 1 atom stereocenters. The lowest BCUT2D eigenvalue weighted by Crippen LogP contribution is -2.35. The van der Waals surface area contributed by atoms with E-state index in [0.29, 0.717) is 5.56 Å². The van der Waals surface area contributed by atoms with E-state index < -0.39 is 45.8 Å². The first-order valence-electron chi connectivity index (χ1n) is 6.76. The normalized spacial score (nSPS) is 13.6. The maximum atomic E-state index is 11.5. The van der Waals surface area contributed by atoms with Gasteiger partial charge in [0.2, 0.25) is 0 Å². The van der Waals surface area contributed by atoms with Crippen LogP contribution in [0.15, 0.2) is 30.3 Å². The van der Waals surface area contributed by atoms with Gasteiger partial charge in [0.1, 0.15) is 12.8 Å². The van der Waals surface area contributed by atoms with Gasteiger partial charge < -0.3 is 29.4 Å². The molecule has 0 aliphatic rings. The van der Waals surface area contributed by atoms with Crippen LogP contribution in [0.5, 0.6) is 0 Å². The molecule has 1 aromatic rings. The van der Waals surface area contributed by atoms with Gasteiger partial charge in [0.25, 0.3) is 0 Å². The summed E-state index contributed by atoms with van der Waals surface area (Å²) in [6, 6.07) is 8.71. The van der Waals surface area contributed by atoms with Crippen LogP contribution in [0.4, 0.5) is 4.79 Å². The molecule has 0 fully saturated rings. The highest BCUT2D eigenvalue weighted by molar-refractivity contribution is 7.70. The zero-order valence-corrected chi connectivity index (χ0v) is 14.2. The molecule has 0 saturated heterocycles. The van der Waals surface area contributed by atoms with E-state index in [1.54, 1.807) is 30.3 Å². The van der Waals surface area contributed by atoms with Crippen LogP contribution < -0.4 is 5.32 Å². The molecule has 0 bridgehead atoms. The van der Waals surface area contributed by atoms with Crippen molar-refractivity contribution in [3.63, 3.8) is 0 Å². The Morgan fingerprint density at radius 1 is 1.04 bits per heavy atom. The van der Waals surface area contributed by atoms with E-state index in [9.17, 15) is 19.0 Å². The van der Waals surface area contributed by atoms with Crippen molar-refractivity contribution in [2.75, 3.05) is 0 Å². The van der Waals surface area contributed by atoms with E-state index in [0.717, 1.165) is 0 Å². The van der Waals surface area contributed by atoms with Crippen LogP contribution in [0.25, 0.3) is 0 Å². The summed E-state index contributed by atoms with van der Waals surface area (Å²) in [5.41, 5.74) is 0.713. The SMILES string of the molecule is O=C(NC(O)CCC(P(=O)(O)O)P(=O)(O)O)OCc1ccccc1. The minimum absolute atomic E-state index is 0.0486. The van der Waals surface area contributed by atoms with Gasteiger partial charge in [0, 0.05) is 0 Å². The number of hydrogen-bond donors (Lipinski definition) is 6. The summed E-state index contributed by atoms with van der Waals surface area (Å²) >= 11 is 0. The summed E-state index contributed by atoms with van der Waals surface area (Å²) in [6.45, 7) is -0.0486. The van der Waals surface area contributed by atoms with Crippen molar-refractivity contribution in [2.45, 2.75) is 31.1 Å². The summed E-state index contributed by atoms with van der Waals surface area (Å²) in [5.74, 6) is 0. The van der Waals surface area contributed by atoms with Gasteiger partial charge in [-0.3, -0.25) is 14.4 Å². The van der Waals surface area contributed by atoms with Crippen LogP contribution in [-0.2, 0) is 20.5 Å². The summed E-state index contributed by atoms with van der Waals surface area (Å²) in [7, 11) is -10.1. The third kappa shape index (κ3) is 7.55. The maximum absolute atomic E-state index is 11.5. The number of nitrogens with one attached hydrogen (secondary N) is 1. The van der Waals surface area contributed by atoms with Crippen molar-refractivity contribution in [2.24, 2.45) is 0 Å². The number of hydrogen-bond acceptors (Lipinski definition) is 5. The van der Waals surface area contributed by atoms with E-state index in [4.69, 9.17) is 24.3 Å². The Morgan fingerprint density at radius 2 is 1.58 bits per heavy atom. The first-order valence-corrected chi connectivity index (χ1v) is 10.1. The zero-order valence-electron chi connectivity index (χ0n) is 12.4. The molecule has 0 heterocycles. The maximum Gasteiger partial charge on any atom is 0.409 e. The molecule has 1 amide bonds. The number of aliphatic hydroxyl groups excluding tert-OH is 1. The van der Waals surface area contributed by atoms with E-state index >= 15 is 0 Å². The highest BCUT2D eigenvalue weighted by Gasteiger charge is 2.43. The number of ether oxygens (including phenoxy) is 1. The smallest absolute Gasteiger partial charge is 0.409 e. The van der Waals surface area contributed by atoms with Gasteiger partial charge in [-0.2, -0.15) is 0 Å². The van der Waals surface area contributed by atoms with Crippen molar-refractivity contribution < 1.29 is 43.3 Å². The lowest BCUT2D eigenvalue weighted by molar-refractivity contribution is 0.0896. The number of rotatable bonds is 8. The molecule has 0 aliphatic carbocycles. The van der Waals surface area contributed by atoms with Crippen LogP contribution in [0.2, 0.25) is 0 Å². The topological polar surface area (TPSA) is 174 Å². The first-order chi connectivity index (χ1) is 11.0. The van der Waals surface area contributed by atoms with Gasteiger partial charge in [0.05, 0.1) is 0 Å². The van der Waals surface area contributed by atoms with Crippen LogP contribution in [0.3, 0.4) is 0 Å². The molecule has 10 nitrogen and oxygen atoms in total. The Balaban J connectivity index is 2.44. The Labute approximate surface area is 137 Å². The molecule has 6 N–H and O–H groups in total. The van der Waals surface area contributed by atoms with Crippen molar-refractivity contribution in [3.8, 4) is 0 Å². The van der Waals surface area contributed by atoms with Gasteiger partial charge in [-0.15, -0.1) is 0 Å². The number of amides is 1. The molecule has 136 valence electrons. The van der Waals surface area contributed by atoms with Crippen LogP contribution in [0.1, 0.15) is 18.4 Å². The fraction of sp³-hybridized carbons (Fsp3) is 0.417. The van der Waals surface area contributed by atoms with Gasteiger partial charge in [-0.05, 0) is 18.4 Å². The standard InChI is InChI=1S/C12H19NO9P2/c14-10(6-7-11(23(16,17)18)24(19,20)21)13-12(15)22-8-9-4-2-1-3-5-9/h1-5,10-11,14H,6-8H2,(H,13,15)(H2,16,17,18)(H2,19,20,21). The fourth-order valence-electron chi connectivity index (χ4n) is 1.81. The second-order valence-corrected chi connectivity index (χ2v) is 8.97. The van der Waals surface area contributed by atoms with Crippen molar-refractivity contribution in [1.82, 2.24) is 5.32 Å². The average Bonchev–Trinajstić information content (AvgIpc) is 2.43. The molecule has 1 rings (SSSR count). The van der Waals surface area contributed by atoms with Crippen LogP contribution in [0, 0.1) is 0 Å². The molecule has 0 radical (unpaired) electrons. The molecule has 0 aliphatic heterocycles. The first kappa shape index (κ1) is 20.8. The van der Waals surface area contributed by atoms with Crippen molar-refractivity contribution in [1.29, 1.82) is 0 Å². The number of carbonyl (C=O) groups is 1. The van der Waals surface area contributed by atoms with E-state index in [1.807, 2.05) is 5.32 Å². The monoisotopic (exact) mass is 383 g/mol. The number of alkyl carbamates (subject to hydrolysis) is 1. The summed E-state index contributed by atoms with van der Waals surface area (Å²) < 4.78 is 27.0. The predicted molar refractivity (Wildman–Crippen MR) is 82.9 cm³/mol. The Bertz CT molecular complexity index is 605. The third-order valence-corrected chi connectivity index (χ3v) is 6.85. The largest absolute Gasteiger partial charge is 0.445 e. The number of aliphatic hydroxyl groups is 1. The quantitative estimate of drug-likeness (QED) is 0.279. The molecule has 24 heavy (non-hydrogen) atoms. The van der Waals surface area contributed by atoms with Gasteiger partial charge >= 0.3 is 21.3 Å². The third-order valence-electron chi connectivity index (χ3n) is 2.97. The zero-order chi connectivity index (χ0) is 18.4. The minimum Gasteiger partial charge on any atom is -0.445 e. The van der Waals surface area contributed by atoms with E-state index in [2.05, 4.69) is 0 Å². The Kier molecular flexibility index (Phi) is 7.56. The molecule has 12 heteroatoms. The predicted octanol–water partition coefficient (Wildman–Crippen LogP) is 0.693. The second kappa shape index (κ2) is 8.73. The molecular formula is C12H19NO9P2. The fourth-order valence-corrected chi connectivity index (χ4v) is 4.35. The lowest BCUT2D eigenvalue weighted by Gasteiger charge is -2.21. The van der Waals surface area contributed by atoms with Crippen molar-refractivity contribution >= 4 is 21.3 Å². The minimum atomic E-state index is -5.06. The summed E-state index contributed by atoms with van der Waals surface area (Å²) in [6.07, 6.45) is -3.71. The van der Waals surface area contributed by atoms with Gasteiger partial charge in [-0.25, -0.2) is 4.79 Å².